The fourth-order valence-corrected chi connectivity index (χ4v) is 1.32. The predicted molar refractivity (Wildman–Crippen MR) is 54.5 cm³/mol. The highest BCUT2D eigenvalue weighted by Gasteiger charge is 2.68. The van der Waals surface area contributed by atoms with Crippen LogP contribution in [0.1, 0.15) is 20.8 Å². The van der Waals surface area contributed by atoms with Crippen molar-refractivity contribution in [2.24, 2.45) is 0 Å². The van der Waals surface area contributed by atoms with E-state index in [1.807, 2.05) is 0 Å². The first-order valence-corrected chi connectivity index (χ1v) is 4.85. The van der Waals surface area contributed by atoms with Gasteiger partial charge in [0.15, 0.2) is 13.1 Å². The summed E-state index contributed by atoms with van der Waals surface area (Å²) >= 11 is 0. The van der Waals surface area contributed by atoms with E-state index in [1.165, 1.54) is 0 Å². The number of nitrogens with zero attached hydrogens (tertiary/aromatic N) is 3. The third-order valence-corrected chi connectivity index (χ3v) is 2.22. The van der Waals surface area contributed by atoms with E-state index in [0.717, 1.165) is 4.90 Å². The van der Waals surface area contributed by atoms with Crippen LogP contribution in [0.2, 0.25) is 0 Å². The molecule has 9 nitrogen and oxygen atoms in total. The summed E-state index contributed by atoms with van der Waals surface area (Å²) < 4.78 is 4.94. The maximum atomic E-state index is 11.4. The van der Waals surface area contributed by atoms with E-state index < -0.39 is 40.3 Å². The van der Waals surface area contributed by atoms with Gasteiger partial charge in [-0.3, -0.25) is 25.1 Å². The maximum Gasteiger partial charge on any atom is 0.492 e. The van der Waals surface area contributed by atoms with Crippen molar-refractivity contribution in [1.82, 2.24) is 4.90 Å². The molecule has 0 saturated carbocycles. The number of hydrogen-bond acceptors (Lipinski definition) is 6. The number of carbonyl (C=O) groups excluding carboxylic acids is 1. The van der Waals surface area contributed by atoms with Gasteiger partial charge in [-0.2, -0.15) is 0 Å². The van der Waals surface area contributed by atoms with Gasteiger partial charge in [0.2, 0.25) is 0 Å². The van der Waals surface area contributed by atoms with E-state index in [0.29, 0.717) is 0 Å². The lowest BCUT2D eigenvalue weighted by atomic mass is 10.0. The lowest BCUT2D eigenvalue weighted by molar-refractivity contribution is -0.809. The Kier molecular flexibility index (Phi) is 2.96. The number of amides is 1. The highest BCUT2D eigenvalue weighted by molar-refractivity contribution is 5.69. The Morgan fingerprint density at radius 1 is 1.24 bits per heavy atom. The molecule has 17 heavy (non-hydrogen) atoms. The largest absolute Gasteiger partial charge is 0.492 e. The Bertz CT molecular complexity index is 352. The molecule has 1 rings (SSSR count). The minimum absolute atomic E-state index is 0.568. The summed E-state index contributed by atoms with van der Waals surface area (Å²) in [7, 11) is 0. The lowest BCUT2D eigenvalue weighted by Crippen LogP contribution is -2.71. The topological polar surface area (TPSA) is 116 Å². The molecule has 0 aliphatic carbocycles. The van der Waals surface area contributed by atoms with Gasteiger partial charge < -0.3 is 4.74 Å². The number of carbonyl (C=O) groups is 1. The van der Waals surface area contributed by atoms with E-state index >= 15 is 0 Å². The van der Waals surface area contributed by atoms with Gasteiger partial charge in [-0.1, -0.05) is 0 Å². The first-order chi connectivity index (χ1) is 7.58. The summed E-state index contributed by atoms with van der Waals surface area (Å²) in [6, 6.07) is 0. The van der Waals surface area contributed by atoms with Gasteiger partial charge in [-0.15, -0.1) is 0 Å². The van der Waals surface area contributed by atoms with Gasteiger partial charge >= 0.3 is 11.8 Å². The zero-order valence-electron chi connectivity index (χ0n) is 9.71. The molecule has 1 saturated heterocycles. The molecule has 1 aliphatic heterocycles. The van der Waals surface area contributed by atoms with Crippen molar-refractivity contribution in [3.8, 4) is 0 Å². The highest BCUT2D eigenvalue weighted by Crippen LogP contribution is 2.26. The third-order valence-electron chi connectivity index (χ3n) is 2.22. The fraction of sp³-hybridized carbons (Fsp3) is 0.875. The minimum Gasteiger partial charge on any atom is -0.444 e. The summed E-state index contributed by atoms with van der Waals surface area (Å²) in [5, 5.41) is 21.2. The highest BCUT2D eigenvalue weighted by atomic mass is 16.7. The van der Waals surface area contributed by atoms with Crippen molar-refractivity contribution < 1.29 is 19.4 Å². The van der Waals surface area contributed by atoms with Crippen molar-refractivity contribution in [3.05, 3.63) is 20.2 Å². The van der Waals surface area contributed by atoms with Crippen LogP contribution >= 0.6 is 0 Å². The summed E-state index contributed by atoms with van der Waals surface area (Å²) in [5.74, 6) is 0. The summed E-state index contributed by atoms with van der Waals surface area (Å²) in [6.45, 7) is 3.78. The van der Waals surface area contributed by atoms with Crippen molar-refractivity contribution in [1.29, 1.82) is 0 Å². The van der Waals surface area contributed by atoms with Crippen LogP contribution in [-0.2, 0) is 4.74 Å². The zero-order chi connectivity index (χ0) is 13.4. The number of ether oxygens (including phenoxy) is 1. The molecule has 0 bridgehead atoms. The van der Waals surface area contributed by atoms with Gasteiger partial charge in [0, 0.05) is 0 Å². The molecular formula is C8H13N3O6. The lowest BCUT2D eigenvalue weighted by Gasteiger charge is -2.36. The van der Waals surface area contributed by atoms with E-state index in [-0.39, 0.29) is 0 Å². The summed E-state index contributed by atoms with van der Waals surface area (Å²) in [5.41, 5.74) is -3.02. The van der Waals surface area contributed by atoms with E-state index in [1.54, 1.807) is 20.8 Å². The third kappa shape index (κ3) is 2.43. The Balaban J connectivity index is 2.64. The second-order valence-electron chi connectivity index (χ2n) is 4.83. The molecule has 0 aromatic carbocycles. The standard InChI is InChI=1S/C8H13N3O6/c1-7(2,3)17-6(12)9-4-8(5-9,10(13)14)11(15)16/h4-5H2,1-3H3. The SMILES string of the molecule is CC(C)(C)OC(=O)N1CC([N+](=O)[O-])([N+](=O)[O-])C1. The summed E-state index contributed by atoms with van der Waals surface area (Å²) in [4.78, 5) is 31.6. The van der Waals surface area contributed by atoms with Crippen LogP contribution in [0.4, 0.5) is 4.79 Å². The molecule has 1 amide bonds. The van der Waals surface area contributed by atoms with Crippen molar-refractivity contribution >= 4 is 6.09 Å². The number of nitro groups is 2. The monoisotopic (exact) mass is 247 g/mol. The Morgan fingerprint density at radius 3 is 1.94 bits per heavy atom. The van der Waals surface area contributed by atoms with Gasteiger partial charge in [-0.05, 0) is 20.8 Å². The second-order valence-corrected chi connectivity index (χ2v) is 4.83. The predicted octanol–water partition coefficient (Wildman–Crippen LogP) is 0.487. The van der Waals surface area contributed by atoms with Crippen LogP contribution in [0.5, 0.6) is 0 Å². The number of likely N-dealkylation sites (tertiary alicyclic amines) is 1. The molecule has 1 aliphatic rings. The molecule has 0 unspecified atom stereocenters. The molecule has 96 valence electrons. The minimum atomic E-state index is -2.28. The van der Waals surface area contributed by atoms with Crippen molar-refractivity contribution in [2.75, 3.05) is 13.1 Å². The Labute approximate surface area is 96.6 Å². The maximum absolute atomic E-state index is 11.4. The Hall–Kier alpha value is -1.93. The zero-order valence-corrected chi connectivity index (χ0v) is 9.71. The van der Waals surface area contributed by atoms with Crippen molar-refractivity contribution in [3.63, 3.8) is 0 Å². The molecule has 9 heteroatoms. The van der Waals surface area contributed by atoms with E-state index in [2.05, 4.69) is 0 Å². The molecule has 0 radical (unpaired) electrons. The quantitative estimate of drug-likeness (QED) is 0.398. The van der Waals surface area contributed by atoms with Crippen LogP contribution in [0.15, 0.2) is 0 Å². The number of rotatable bonds is 2. The second kappa shape index (κ2) is 3.82. The van der Waals surface area contributed by atoms with E-state index in [9.17, 15) is 25.0 Å². The van der Waals surface area contributed by atoms with Crippen LogP contribution in [-0.4, -0.2) is 45.2 Å². The van der Waals surface area contributed by atoms with Crippen molar-refractivity contribution in [2.45, 2.75) is 32.0 Å². The van der Waals surface area contributed by atoms with Crippen LogP contribution < -0.4 is 0 Å². The Morgan fingerprint density at radius 2 is 1.65 bits per heavy atom. The average Bonchev–Trinajstić information content (AvgIpc) is 1.95. The molecule has 0 N–H and O–H groups in total. The smallest absolute Gasteiger partial charge is 0.444 e. The first kappa shape index (κ1) is 13.1. The molecular weight excluding hydrogens is 234 g/mol. The molecule has 0 aromatic rings. The van der Waals surface area contributed by atoms with E-state index in [4.69, 9.17) is 4.74 Å². The van der Waals surface area contributed by atoms with Crippen LogP contribution in [0, 0.1) is 20.2 Å². The molecule has 0 spiro atoms. The fourth-order valence-electron chi connectivity index (χ4n) is 1.32. The normalized spacial score (nSPS) is 18.2. The average molecular weight is 247 g/mol. The first-order valence-electron chi connectivity index (χ1n) is 4.85. The van der Waals surface area contributed by atoms with Crippen LogP contribution in [0.3, 0.4) is 0 Å². The molecule has 1 fully saturated rings. The summed E-state index contributed by atoms with van der Waals surface area (Å²) in [6.07, 6.45) is -0.781. The molecule has 1 heterocycles. The number of hydrogen-bond donors (Lipinski definition) is 0. The van der Waals surface area contributed by atoms with Gasteiger partial charge in [0.1, 0.15) is 15.4 Å². The van der Waals surface area contributed by atoms with Gasteiger partial charge in [-0.25, -0.2) is 4.79 Å². The van der Waals surface area contributed by atoms with Crippen LogP contribution in [0.25, 0.3) is 0 Å². The molecule has 0 atom stereocenters. The van der Waals surface area contributed by atoms with Gasteiger partial charge in [0.05, 0.1) is 0 Å². The van der Waals surface area contributed by atoms with Gasteiger partial charge in [0.25, 0.3) is 0 Å². The molecule has 0 aromatic heterocycles.